The first-order chi connectivity index (χ1) is 9.19. The molecule has 2 heterocycles. The van der Waals surface area contributed by atoms with E-state index in [1.807, 2.05) is 20.2 Å². The standard InChI is InChI=1S/C11H18N8/c1-12-9-15-10(13-6-8-18(2)3)17-11(16-9)19-7-4-5-14-19/h4-5,7H,6,8H2,1-3H3,(H2,12,13,15,16,17). The predicted octanol–water partition coefficient (Wildman–Crippen LogP) is 0.0725. The summed E-state index contributed by atoms with van der Waals surface area (Å²) in [6.45, 7) is 1.66. The molecule has 2 aromatic heterocycles. The quantitative estimate of drug-likeness (QED) is 0.762. The van der Waals surface area contributed by atoms with Crippen molar-refractivity contribution < 1.29 is 0 Å². The van der Waals surface area contributed by atoms with Crippen molar-refractivity contribution in [2.45, 2.75) is 0 Å². The van der Waals surface area contributed by atoms with E-state index in [9.17, 15) is 0 Å². The molecule has 0 spiro atoms. The zero-order valence-corrected chi connectivity index (χ0v) is 11.3. The first-order valence-corrected chi connectivity index (χ1v) is 6.01. The molecule has 0 saturated carbocycles. The molecule has 0 amide bonds. The van der Waals surface area contributed by atoms with Gasteiger partial charge in [-0.25, -0.2) is 4.68 Å². The smallest absolute Gasteiger partial charge is 0.257 e. The van der Waals surface area contributed by atoms with Gasteiger partial charge in [0.05, 0.1) is 0 Å². The van der Waals surface area contributed by atoms with Gasteiger partial charge in [-0.05, 0) is 20.2 Å². The van der Waals surface area contributed by atoms with Gasteiger partial charge in [0, 0.05) is 32.5 Å². The van der Waals surface area contributed by atoms with Crippen LogP contribution in [0.15, 0.2) is 18.5 Å². The SMILES string of the molecule is CNc1nc(NCCN(C)C)nc(-n2cccn2)n1. The number of likely N-dealkylation sites (N-methyl/N-ethyl adjacent to an activating group) is 1. The molecule has 0 fully saturated rings. The van der Waals surface area contributed by atoms with Crippen LogP contribution in [0.5, 0.6) is 0 Å². The number of hydrogen-bond donors (Lipinski definition) is 2. The average Bonchev–Trinajstić information content (AvgIpc) is 2.92. The Bertz CT molecular complexity index is 507. The largest absolute Gasteiger partial charge is 0.357 e. The van der Waals surface area contributed by atoms with E-state index < -0.39 is 0 Å². The van der Waals surface area contributed by atoms with Crippen molar-refractivity contribution in [2.75, 3.05) is 44.9 Å². The number of aromatic nitrogens is 5. The summed E-state index contributed by atoms with van der Waals surface area (Å²) in [6, 6.07) is 1.82. The lowest BCUT2D eigenvalue weighted by atomic mass is 10.6. The third-order valence-corrected chi connectivity index (χ3v) is 2.40. The molecule has 2 N–H and O–H groups in total. The van der Waals surface area contributed by atoms with Crippen molar-refractivity contribution >= 4 is 11.9 Å². The second kappa shape index (κ2) is 6.10. The summed E-state index contributed by atoms with van der Waals surface area (Å²) in [6.07, 6.45) is 3.47. The van der Waals surface area contributed by atoms with Crippen LogP contribution in [0, 0.1) is 0 Å². The zero-order valence-electron chi connectivity index (χ0n) is 11.3. The van der Waals surface area contributed by atoms with Crippen LogP contribution < -0.4 is 10.6 Å². The molecule has 2 rings (SSSR count). The van der Waals surface area contributed by atoms with Crippen LogP contribution in [0.25, 0.3) is 5.95 Å². The van der Waals surface area contributed by atoms with Gasteiger partial charge in [0.15, 0.2) is 0 Å². The Labute approximate surface area is 111 Å². The third-order valence-electron chi connectivity index (χ3n) is 2.40. The van der Waals surface area contributed by atoms with Crippen LogP contribution in [0.2, 0.25) is 0 Å². The Morgan fingerprint density at radius 3 is 2.63 bits per heavy atom. The molecule has 0 unspecified atom stereocenters. The minimum Gasteiger partial charge on any atom is -0.357 e. The molecule has 8 nitrogen and oxygen atoms in total. The van der Waals surface area contributed by atoms with E-state index in [2.05, 4.69) is 35.6 Å². The van der Waals surface area contributed by atoms with E-state index in [1.54, 1.807) is 24.1 Å². The van der Waals surface area contributed by atoms with Crippen LogP contribution in [0.1, 0.15) is 0 Å². The van der Waals surface area contributed by atoms with Crippen molar-refractivity contribution in [3.8, 4) is 5.95 Å². The van der Waals surface area contributed by atoms with E-state index in [0.29, 0.717) is 17.8 Å². The van der Waals surface area contributed by atoms with Gasteiger partial charge in [-0.1, -0.05) is 0 Å². The van der Waals surface area contributed by atoms with Gasteiger partial charge in [0.1, 0.15) is 0 Å². The van der Waals surface area contributed by atoms with Crippen molar-refractivity contribution in [1.29, 1.82) is 0 Å². The van der Waals surface area contributed by atoms with E-state index in [4.69, 9.17) is 0 Å². The molecule has 0 radical (unpaired) electrons. The van der Waals surface area contributed by atoms with E-state index in [1.165, 1.54) is 0 Å². The maximum atomic E-state index is 4.33. The number of rotatable bonds is 6. The molecule has 102 valence electrons. The summed E-state index contributed by atoms with van der Waals surface area (Å²) < 4.78 is 1.60. The molecule has 0 aliphatic carbocycles. The Kier molecular flexibility index (Phi) is 4.24. The van der Waals surface area contributed by atoms with Crippen molar-refractivity contribution in [2.24, 2.45) is 0 Å². The fraction of sp³-hybridized carbons (Fsp3) is 0.455. The summed E-state index contributed by atoms with van der Waals surface area (Å²) in [7, 11) is 5.80. The summed E-state index contributed by atoms with van der Waals surface area (Å²) in [5.41, 5.74) is 0. The van der Waals surface area contributed by atoms with Gasteiger partial charge in [-0.15, -0.1) is 0 Å². The second-order valence-electron chi connectivity index (χ2n) is 4.21. The molecule has 0 bridgehead atoms. The van der Waals surface area contributed by atoms with E-state index >= 15 is 0 Å². The van der Waals surface area contributed by atoms with Crippen LogP contribution in [0.4, 0.5) is 11.9 Å². The Hall–Kier alpha value is -2.22. The molecule has 19 heavy (non-hydrogen) atoms. The number of anilines is 2. The van der Waals surface area contributed by atoms with Crippen LogP contribution in [-0.2, 0) is 0 Å². The Morgan fingerprint density at radius 1 is 1.21 bits per heavy atom. The van der Waals surface area contributed by atoms with Crippen molar-refractivity contribution in [1.82, 2.24) is 29.6 Å². The molecular weight excluding hydrogens is 244 g/mol. The van der Waals surface area contributed by atoms with Gasteiger partial charge in [0.25, 0.3) is 5.95 Å². The lowest BCUT2D eigenvalue weighted by Gasteiger charge is -2.11. The summed E-state index contributed by atoms with van der Waals surface area (Å²) in [5.74, 6) is 1.52. The first kappa shape index (κ1) is 13.2. The molecule has 0 aliphatic heterocycles. The lowest BCUT2D eigenvalue weighted by Crippen LogP contribution is -2.22. The van der Waals surface area contributed by atoms with Gasteiger partial charge in [0.2, 0.25) is 11.9 Å². The minimum atomic E-state index is 0.483. The number of nitrogens with zero attached hydrogens (tertiary/aromatic N) is 6. The second-order valence-corrected chi connectivity index (χ2v) is 4.21. The summed E-state index contributed by atoms with van der Waals surface area (Å²) >= 11 is 0. The van der Waals surface area contributed by atoms with Gasteiger partial charge in [-0.2, -0.15) is 20.1 Å². The Morgan fingerprint density at radius 2 is 2.00 bits per heavy atom. The van der Waals surface area contributed by atoms with Crippen LogP contribution in [-0.4, -0.2) is 63.9 Å². The topological polar surface area (TPSA) is 83.8 Å². The number of nitrogens with one attached hydrogen (secondary N) is 2. The first-order valence-electron chi connectivity index (χ1n) is 6.01. The highest BCUT2D eigenvalue weighted by molar-refractivity contribution is 5.37. The average molecular weight is 262 g/mol. The molecule has 0 aromatic carbocycles. The minimum absolute atomic E-state index is 0.483. The maximum absolute atomic E-state index is 4.33. The monoisotopic (exact) mass is 262 g/mol. The maximum Gasteiger partial charge on any atom is 0.257 e. The van der Waals surface area contributed by atoms with Gasteiger partial charge < -0.3 is 15.5 Å². The van der Waals surface area contributed by atoms with Gasteiger partial charge >= 0.3 is 0 Å². The fourth-order valence-corrected chi connectivity index (χ4v) is 1.44. The van der Waals surface area contributed by atoms with Crippen molar-refractivity contribution in [3.63, 3.8) is 0 Å². The molecule has 0 atom stereocenters. The third kappa shape index (κ3) is 3.62. The highest BCUT2D eigenvalue weighted by Gasteiger charge is 2.07. The summed E-state index contributed by atoms with van der Waals surface area (Å²) in [5, 5.41) is 10.2. The molecular formula is C11H18N8. The predicted molar refractivity (Wildman–Crippen MR) is 73.5 cm³/mol. The molecule has 0 aliphatic rings. The van der Waals surface area contributed by atoms with Crippen LogP contribution >= 0.6 is 0 Å². The highest BCUT2D eigenvalue weighted by atomic mass is 15.4. The lowest BCUT2D eigenvalue weighted by molar-refractivity contribution is 0.425. The van der Waals surface area contributed by atoms with Gasteiger partial charge in [-0.3, -0.25) is 0 Å². The van der Waals surface area contributed by atoms with Crippen molar-refractivity contribution in [3.05, 3.63) is 18.5 Å². The number of hydrogen-bond acceptors (Lipinski definition) is 7. The molecule has 8 heteroatoms. The highest BCUT2D eigenvalue weighted by Crippen LogP contribution is 2.07. The summed E-state index contributed by atoms with van der Waals surface area (Å²) in [4.78, 5) is 14.9. The van der Waals surface area contributed by atoms with E-state index in [-0.39, 0.29) is 0 Å². The van der Waals surface area contributed by atoms with Crippen LogP contribution in [0.3, 0.4) is 0 Å². The zero-order chi connectivity index (χ0) is 13.7. The normalized spacial score (nSPS) is 10.7. The molecule has 0 saturated heterocycles. The molecule has 2 aromatic rings. The van der Waals surface area contributed by atoms with E-state index in [0.717, 1.165) is 13.1 Å². The Balaban J connectivity index is 2.16. The fourth-order valence-electron chi connectivity index (χ4n) is 1.44.